The summed E-state index contributed by atoms with van der Waals surface area (Å²) in [6.07, 6.45) is 1.69. The van der Waals surface area contributed by atoms with Gasteiger partial charge in [-0.15, -0.1) is 0 Å². The fourth-order valence-electron chi connectivity index (χ4n) is 3.86. The third-order valence-electron chi connectivity index (χ3n) is 5.56. The van der Waals surface area contributed by atoms with Gasteiger partial charge in [0.15, 0.2) is 5.65 Å². The number of hydrogen-bond donors (Lipinski definition) is 1. The van der Waals surface area contributed by atoms with Crippen molar-refractivity contribution >= 4 is 23.2 Å². The summed E-state index contributed by atoms with van der Waals surface area (Å²) >= 11 is 0. The molecule has 1 N–H and O–H groups in total. The lowest BCUT2D eigenvalue weighted by Gasteiger charge is -2.34. The lowest BCUT2D eigenvalue weighted by Crippen LogP contribution is -2.54. The highest BCUT2D eigenvalue weighted by Crippen LogP contribution is 2.22. The van der Waals surface area contributed by atoms with Gasteiger partial charge in [0.05, 0.1) is 18.8 Å². The van der Waals surface area contributed by atoms with Gasteiger partial charge < -0.3 is 15.0 Å². The molecule has 0 saturated carbocycles. The maximum Gasteiger partial charge on any atom is 0.328 e. The minimum Gasteiger partial charge on any atom is -0.464 e. The minimum absolute atomic E-state index is 0.271. The normalized spacial score (nSPS) is 15.4. The number of carbonyl (C=O) groups is 2. The fourth-order valence-corrected chi connectivity index (χ4v) is 3.86. The number of imidazole rings is 1. The van der Waals surface area contributed by atoms with E-state index in [1.165, 1.54) is 12.1 Å². The Balaban J connectivity index is 1.44. The number of amides is 2. The molecule has 10 heteroatoms. The monoisotopic (exact) mass is 454 g/mol. The average Bonchev–Trinajstić information content (AvgIpc) is 3.17. The van der Waals surface area contributed by atoms with Crippen LogP contribution in [0.4, 0.5) is 9.18 Å². The summed E-state index contributed by atoms with van der Waals surface area (Å²) in [4.78, 5) is 37.3. The standard InChI is InChI=1S/C23H27FN6O3/c1-3-33-22(31)16(2)26-23(32)29-12-10-28(11-13-29)15-20-27-19-8-5-9-25-21(19)30(20)18-7-4-6-17(24)14-18/h4-9,14,16H,3,10-13,15H2,1-2H3,(H,26,32)/t16-/m1/s1. The molecule has 3 aromatic rings. The van der Waals surface area contributed by atoms with Crippen molar-refractivity contribution in [3.8, 4) is 5.69 Å². The van der Waals surface area contributed by atoms with Crippen molar-refractivity contribution in [2.45, 2.75) is 26.4 Å². The number of esters is 1. The molecule has 2 amide bonds. The number of nitrogens with zero attached hydrogens (tertiary/aromatic N) is 5. The van der Waals surface area contributed by atoms with Crippen molar-refractivity contribution < 1.29 is 18.7 Å². The van der Waals surface area contributed by atoms with E-state index in [0.717, 1.165) is 11.3 Å². The highest BCUT2D eigenvalue weighted by molar-refractivity contribution is 5.83. The second kappa shape index (κ2) is 9.95. The predicted octanol–water partition coefficient (Wildman–Crippen LogP) is 2.34. The summed E-state index contributed by atoms with van der Waals surface area (Å²) in [7, 11) is 0. The van der Waals surface area contributed by atoms with E-state index >= 15 is 0 Å². The molecule has 1 fully saturated rings. The Morgan fingerprint density at radius 2 is 1.97 bits per heavy atom. The number of nitrogens with one attached hydrogen (secondary N) is 1. The molecule has 1 aliphatic heterocycles. The van der Waals surface area contributed by atoms with E-state index in [4.69, 9.17) is 9.72 Å². The van der Waals surface area contributed by atoms with Gasteiger partial charge in [-0.25, -0.2) is 23.9 Å². The Hall–Kier alpha value is -3.53. The van der Waals surface area contributed by atoms with Crippen LogP contribution in [0.5, 0.6) is 0 Å². The molecule has 0 spiro atoms. The Morgan fingerprint density at radius 3 is 2.70 bits per heavy atom. The van der Waals surface area contributed by atoms with Gasteiger partial charge in [0.2, 0.25) is 0 Å². The average molecular weight is 455 g/mol. The molecule has 0 bridgehead atoms. The summed E-state index contributed by atoms with van der Waals surface area (Å²) in [6.45, 7) is 6.44. The van der Waals surface area contributed by atoms with Crippen LogP contribution in [0.3, 0.4) is 0 Å². The third kappa shape index (κ3) is 5.11. The van der Waals surface area contributed by atoms with Crippen molar-refractivity contribution in [1.29, 1.82) is 0 Å². The molecule has 33 heavy (non-hydrogen) atoms. The van der Waals surface area contributed by atoms with Crippen LogP contribution in [0.15, 0.2) is 42.6 Å². The topological polar surface area (TPSA) is 92.6 Å². The Kier molecular flexibility index (Phi) is 6.83. The van der Waals surface area contributed by atoms with E-state index in [-0.39, 0.29) is 18.5 Å². The largest absolute Gasteiger partial charge is 0.464 e. The quantitative estimate of drug-likeness (QED) is 0.575. The van der Waals surface area contributed by atoms with Gasteiger partial charge >= 0.3 is 12.0 Å². The number of halogens is 1. The number of aromatic nitrogens is 3. The number of rotatable bonds is 6. The van der Waals surface area contributed by atoms with E-state index in [9.17, 15) is 14.0 Å². The first kappa shape index (κ1) is 22.7. The summed E-state index contributed by atoms with van der Waals surface area (Å²) in [5.74, 6) is -0.0228. The zero-order valence-corrected chi connectivity index (χ0v) is 18.7. The SMILES string of the molecule is CCOC(=O)[C@@H](C)NC(=O)N1CCN(Cc2nc3cccnc3n2-c2cccc(F)c2)CC1. The number of pyridine rings is 1. The van der Waals surface area contributed by atoms with Crippen LogP contribution in [-0.4, -0.2) is 75.2 Å². The molecule has 4 rings (SSSR count). The van der Waals surface area contributed by atoms with Gasteiger partial charge in [-0.1, -0.05) is 6.07 Å². The Labute approximate surface area is 191 Å². The molecule has 1 atom stereocenters. The van der Waals surface area contributed by atoms with Crippen LogP contribution in [0.2, 0.25) is 0 Å². The van der Waals surface area contributed by atoms with Gasteiger partial charge in [0.25, 0.3) is 0 Å². The molecule has 0 aliphatic carbocycles. The van der Waals surface area contributed by atoms with Crippen molar-refractivity contribution in [2.75, 3.05) is 32.8 Å². The van der Waals surface area contributed by atoms with E-state index in [2.05, 4.69) is 15.2 Å². The lowest BCUT2D eigenvalue weighted by atomic mass is 10.3. The smallest absolute Gasteiger partial charge is 0.328 e. The summed E-state index contributed by atoms with van der Waals surface area (Å²) < 4.78 is 20.7. The summed E-state index contributed by atoms with van der Waals surface area (Å²) in [5.41, 5.74) is 2.07. The van der Waals surface area contributed by atoms with E-state index in [1.807, 2.05) is 22.8 Å². The Morgan fingerprint density at radius 1 is 1.18 bits per heavy atom. The van der Waals surface area contributed by atoms with Crippen LogP contribution in [0.1, 0.15) is 19.7 Å². The second-order valence-electron chi connectivity index (χ2n) is 7.88. The molecular weight excluding hydrogens is 427 g/mol. The molecule has 1 aliphatic rings. The number of carbonyl (C=O) groups excluding carboxylic acids is 2. The fraction of sp³-hybridized carbons (Fsp3) is 0.391. The summed E-state index contributed by atoms with van der Waals surface area (Å²) in [5, 5.41) is 2.69. The molecule has 9 nitrogen and oxygen atoms in total. The van der Waals surface area contributed by atoms with Gasteiger partial charge in [-0.05, 0) is 44.2 Å². The zero-order chi connectivity index (χ0) is 23.4. The minimum atomic E-state index is -0.700. The Bertz CT molecular complexity index is 1140. The van der Waals surface area contributed by atoms with Crippen LogP contribution in [-0.2, 0) is 16.1 Å². The molecule has 0 unspecified atom stereocenters. The number of hydrogen-bond acceptors (Lipinski definition) is 6. The van der Waals surface area contributed by atoms with Crippen molar-refractivity contribution in [2.24, 2.45) is 0 Å². The van der Waals surface area contributed by atoms with Crippen molar-refractivity contribution in [3.63, 3.8) is 0 Å². The first-order valence-corrected chi connectivity index (χ1v) is 11.0. The van der Waals surface area contributed by atoms with Gasteiger partial charge in [-0.2, -0.15) is 0 Å². The summed E-state index contributed by atoms with van der Waals surface area (Å²) in [6, 6.07) is 9.08. The predicted molar refractivity (Wildman–Crippen MR) is 120 cm³/mol. The van der Waals surface area contributed by atoms with E-state index < -0.39 is 12.0 Å². The van der Waals surface area contributed by atoms with Gasteiger partial charge in [0.1, 0.15) is 23.2 Å². The first-order chi connectivity index (χ1) is 16.0. The van der Waals surface area contributed by atoms with Crippen LogP contribution >= 0.6 is 0 Å². The van der Waals surface area contributed by atoms with Gasteiger partial charge in [-0.3, -0.25) is 9.47 Å². The number of urea groups is 1. The number of ether oxygens (including phenoxy) is 1. The molecule has 1 saturated heterocycles. The van der Waals surface area contributed by atoms with Crippen LogP contribution in [0, 0.1) is 5.82 Å². The van der Waals surface area contributed by atoms with E-state index in [1.54, 1.807) is 31.0 Å². The number of fused-ring (bicyclic) bond motifs is 1. The third-order valence-corrected chi connectivity index (χ3v) is 5.56. The van der Waals surface area contributed by atoms with Crippen LogP contribution < -0.4 is 5.32 Å². The molecular formula is C23H27FN6O3. The molecule has 2 aromatic heterocycles. The van der Waals surface area contributed by atoms with E-state index in [0.29, 0.717) is 44.1 Å². The molecule has 3 heterocycles. The van der Waals surface area contributed by atoms with Crippen molar-refractivity contribution in [3.05, 3.63) is 54.2 Å². The highest BCUT2D eigenvalue weighted by atomic mass is 19.1. The number of piperazine rings is 1. The highest BCUT2D eigenvalue weighted by Gasteiger charge is 2.26. The first-order valence-electron chi connectivity index (χ1n) is 11.0. The maximum absolute atomic E-state index is 13.9. The van der Waals surface area contributed by atoms with Gasteiger partial charge in [0, 0.05) is 32.4 Å². The van der Waals surface area contributed by atoms with Crippen molar-refractivity contribution in [1.82, 2.24) is 29.7 Å². The maximum atomic E-state index is 13.9. The molecule has 1 aromatic carbocycles. The zero-order valence-electron chi connectivity index (χ0n) is 18.7. The number of benzene rings is 1. The van der Waals surface area contributed by atoms with Crippen LogP contribution in [0.25, 0.3) is 16.9 Å². The molecule has 174 valence electrons. The molecule has 0 radical (unpaired) electrons. The second-order valence-corrected chi connectivity index (χ2v) is 7.88. The lowest BCUT2D eigenvalue weighted by molar-refractivity contribution is -0.144.